The smallest absolute Gasteiger partial charge is 0.417 e. The molecule has 1 saturated carbocycles. The first kappa shape index (κ1) is 24.7. The van der Waals surface area contributed by atoms with Crippen LogP contribution >= 0.6 is 11.6 Å². The number of rotatable bonds is 5. The SMILES string of the molecule is Cc1cc(C(=O)NC2CCC(=Cc3cccc(Oc4ccc(C(F)(F)F)cn4)c3)CC2)cnc1Cl. The molecule has 1 aromatic carbocycles. The van der Waals surface area contributed by atoms with Crippen LogP contribution in [0, 0.1) is 6.92 Å². The Labute approximate surface area is 206 Å². The van der Waals surface area contributed by atoms with Crippen LogP contribution in [0.1, 0.15) is 52.7 Å². The number of halogens is 4. The molecule has 0 atom stereocenters. The molecular formula is C26H23ClF3N3O2. The molecule has 35 heavy (non-hydrogen) atoms. The third-order valence-electron chi connectivity index (χ3n) is 5.75. The lowest BCUT2D eigenvalue weighted by Crippen LogP contribution is -2.36. The van der Waals surface area contributed by atoms with Crippen LogP contribution in [0.2, 0.25) is 5.15 Å². The number of aromatic nitrogens is 2. The van der Waals surface area contributed by atoms with Crippen molar-refractivity contribution in [3.05, 3.63) is 87.8 Å². The summed E-state index contributed by atoms with van der Waals surface area (Å²) >= 11 is 5.93. The number of carbonyl (C=O) groups excluding carboxylic acids is 1. The number of pyridine rings is 2. The standard InChI is InChI=1S/C26H23ClF3N3O2/c1-16-11-19(14-32-24(16)27)25(34)33-21-8-5-17(6-9-21)12-18-3-2-4-22(13-18)35-23-10-7-20(15-31-23)26(28,29)30/h2-4,7,10-15,21H,5-6,8-9H2,1H3,(H,33,34). The molecule has 0 radical (unpaired) electrons. The van der Waals surface area contributed by atoms with E-state index in [0.717, 1.165) is 49.1 Å². The summed E-state index contributed by atoms with van der Waals surface area (Å²) in [5.74, 6) is 0.418. The summed E-state index contributed by atoms with van der Waals surface area (Å²) in [6.45, 7) is 1.81. The molecule has 1 aliphatic rings. The molecule has 0 bridgehead atoms. The summed E-state index contributed by atoms with van der Waals surface area (Å²) in [5, 5.41) is 3.46. The summed E-state index contributed by atoms with van der Waals surface area (Å²) in [6.07, 6.45) is 3.20. The fourth-order valence-electron chi connectivity index (χ4n) is 3.86. The number of alkyl halides is 3. The minimum absolute atomic E-state index is 0.0797. The van der Waals surface area contributed by atoms with Crippen LogP contribution in [0.5, 0.6) is 11.6 Å². The average Bonchev–Trinajstić information content (AvgIpc) is 2.82. The molecule has 2 heterocycles. The van der Waals surface area contributed by atoms with Gasteiger partial charge in [-0.15, -0.1) is 0 Å². The monoisotopic (exact) mass is 501 g/mol. The quantitative estimate of drug-likeness (QED) is 0.382. The van der Waals surface area contributed by atoms with Gasteiger partial charge in [-0.2, -0.15) is 13.2 Å². The van der Waals surface area contributed by atoms with Crippen molar-refractivity contribution in [1.29, 1.82) is 0 Å². The maximum atomic E-state index is 12.7. The lowest BCUT2D eigenvalue weighted by Gasteiger charge is -2.25. The fraction of sp³-hybridized carbons (Fsp3) is 0.269. The number of nitrogens with zero attached hydrogens (tertiary/aromatic N) is 2. The van der Waals surface area contributed by atoms with Gasteiger partial charge >= 0.3 is 6.18 Å². The molecule has 1 aliphatic carbocycles. The van der Waals surface area contributed by atoms with Crippen molar-refractivity contribution in [3.8, 4) is 11.6 Å². The number of ether oxygens (including phenoxy) is 1. The largest absolute Gasteiger partial charge is 0.439 e. The van der Waals surface area contributed by atoms with Gasteiger partial charge in [-0.3, -0.25) is 4.79 Å². The highest BCUT2D eigenvalue weighted by Crippen LogP contribution is 2.31. The first-order valence-corrected chi connectivity index (χ1v) is 11.5. The first-order valence-electron chi connectivity index (χ1n) is 11.1. The van der Waals surface area contributed by atoms with E-state index in [0.29, 0.717) is 16.5 Å². The second-order valence-electron chi connectivity index (χ2n) is 8.44. The van der Waals surface area contributed by atoms with Gasteiger partial charge in [0, 0.05) is 24.5 Å². The van der Waals surface area contributed by atoms with E-state index in [1.807, 2.05) is 25.1 Å². The maximum Gasteiger partial charge on any atom is 0.417 e. The van der Waals surface area contributed by atoms with E-state index in [1.165, 1.54) is 17.8 Å². The molecule has 1 amide bonds. The Morgan fingerprint density at radius 1 is 1.11 bits per heavy atom. The van der Waals surface area contributed by atoms with E-state index in [9.17, 15) is 18.0 Å². The molecule has 0 spiro atoms. The van der Waals surface area contributed by atoms with E-state index in [4.69, 9.17) is 16.3 Å². The third-order valence-corrected chi connectivity index (χ3v) is 6.15. The summed E-state index contributed by atoms with van der Waals surface area (Å²) in [6, 6.07) is 11.2. The minimum Gasteiger partial charge on any atom is -0.439 e. The Kier molecular flexibility index (Phi) is 7.40. The van der Waals surface area contributed by atoms with Crippen molar-refractivity contribution in [2.75, 3.05) is 0 Å². The molecule has 1 fully saturated rings. The van der Waals surface area contributed by atoms with Crippen LogP contribution in [0.3, 0.4) is 0 Å². The minimum atomic E-state index is -4.44. The van der Waals surface area contributed by atoms with Gasteiger partial charge in [-0.25, -0.2) is 9.97 Å². The molecule has 5 nitrogen and oxygen atoms in total. The number of nitrogens with one attached hydrogen (secondary N) is 1. The van der Waals surface area contributed by atoms with Crippen molar-refractivity contribution in [2.45, 2.75) is 44.8 Å². The Bertz CT molecular complexity index is 1230. The van der Waals surface area contributed by atoms with Crippen LogP contribution in [-0.4, -0.2) is 21.9 Å². The second kappa shape index (κ2) is 10.5. The van der Waals surface area contributed by atoms with Gasteiger partial charge < -0.3 is 10.1 Å². The zero-order chi connectivity index (χ0) is 25.0. The Morgan fingerprint density at radius 3 is 2.54 bits per heavy atom. The van der Waals surface area contributed by atoms with E-state index in [1.54, 1.807) is 12.1 Å². The number of hydrogen-bond donors (Lipinski definition) is 1. The van der Waals surface area contributed by atoms with Gasteiger partial charge in [0.1, 0.15) is 10.9 Å². The molecule has 0 saturated heterocycles. The molecular weight excluding hydrogens is 479 g/mol. The molecule has 182 valence electrons. The van der Waals surface area contributed by atoms with Crippen molar-refractivity contribution < 1.29 is 22.7 Å². The van der Waals surface area contributed by atoms with Gasteiger partial charge in [0.05, 0.1) is 11.1 Å². The lowest BCUT2D eigenvalue weighted by molar-refractivity contribution is -0.137. The fourth-order valence-corrected chi connectivity index (χ4v) is 3.96. The van der Waals surface area contributed by atoms with E-state index < -0.39 is 11.7 Å². The molecule has 1 N–H and O–H groups in total. The van der Waals surface area contributed by atoms with E-state index in [-0.39, 0.29) is 17.8 Å². The van der Waals surface area contributed by atoms with Gasteiger partial charge in [0.2, 0.25) is 5.88 Å². The first-order chi connectivity index (χ1) is 16.7. The van der Waals surface area contributed by atoms with Crippen LogP contribution in [0.15, 0.2) is 60.4 Å². The Morgan fingerprint density at radius 2 is 1.89 bits per heavy atom. The predicted molar refractivity (Wildman–Crippen MR) is 127 cm³/mol. The number of allylic oxidation sites excluding steroid dienone is 1. The molecule has 0 unspecified atom stereocenters. The van der Waals surface area contributed by atoms with Gasteiger partial charge in [-0.05, 0) is 68.0 Å². The van der Waals surface area contributed by atoms with Crippen molar-refractivity contribution in [3.63, 3.8) is 0 Å². The molecule has 4 rings (SSSR count). The lowest BCUT2D eigenvalue weighted by atomic mass is 9.89. The number of aryl methyl sites for hydroxylation is 1. The van der Waals surface area contributed by atoms with Crippen molar-refractivity contribution in [1.82, 2.24) is 15.3 Å². The van der Waals surface area contributed by atoms with Crippen molar-refractivity contribution in [2.24, 2.45) is 0 Å². The summed E-state index contributed by atoms with van der Waals surface area (Å²) in [5.41, 5.74) is 2.61. The zero-order valence-electron chi connectivity index (χ0n) is 18.9. The highest BCUT2D eigenvalue weighted by atomic mass is 35.5. The van der Waals surface area contributed by atoms with E-state index >= 15 is 0 Å². The van der Waals surface area contributed by atoms with Crippen LogP contribution in [0.4, 0.5) is 13.2 Å². The molecule has 0 aliphatic heterocycles. The number of benzene rings is 1. The number of amides is 1. The average molecular weight is 502 g/mol. The summed E-state index contributed by atoms with van der Waals surface area (Å²) in [4.78, 5) is 20.3. The van der Waals surface area contributed by atoms with E-state index in [2.05, 4.69) is 21.4 Å². The van der Waals surface area contributed by atoms with Gasteiger partial charge in [0.15, 0.2) is 0 Å². The van der Waals surface area contributed by atoms with Crippen molar-refractivity contribution >= 4 is 23.6 Å². The van der Waals surface area contributed by atoms with Gasteiger partial charge in [0.25, 0.3) is 5.91 Å². The molecule has 2 aromatic heterocycles. The molecule has 9 heteroatoms. The van der Waals surface area contributed by atoms with Crippen LogP contribution in [-0.2, 0) is 6.18 Å². The Hall–Kier alpha value is -3.39. The second-order valence-corrected chi connectivity index (χ2v) is 8.80. The summed E-state index contributed by atoms with van der Waals surface area (Å²) in [7, 11) is 0. The van der Waals surface area contributed by atoms with Crippen LogP contribution in [0.25, 0.3) is 6.08 Å². The van der Waals surface area contributed by atoms with Gasteiger partial charge in [-0.1, -0.05) is 35.4 Å². The third kappa shape index (κ3) is 6.60. The zero-order valence-corrected chi connectivity index (χ0v) is 19.7. The number of hydrogen-bond acceptors (Lipinski definition) is 4. The maximum absolute atomic E-state index is 12.7. The summed E-state index contributed by atoms with van der Waals surface area (Å²) < 4.78 is 43.7. The predicted octanol–water partition coefficient (Wildman–Crippen LogP) is 7.01. The highest BCUT2D eigenvalue weighted by Gasteiger charge is 2.30. The Balaban J connectivity index is 1.33. The topological polar surface area (TPSA) is 64.1 Å². The normalized spacial score (nSPS) is 16.0. The number of carbonyl (C=O) groups is 1. The van der Waals surface area contributed by atoms with Crippen LogP contribution < -0.4 is 10.1 Å². The highest BCUT2D eigenvalue weighted by molar-refractivity contribution is 6.30. The molecule has 3 aromatic rings.